The van der Waals surface area contributed by atoms with Crippen molar-refractivity contribution in [3.05, 3.63) is 11.6 Å². The quantitative estimate of drug-likeness (QED) is 0.286. The minimum atomic E-state index is 0.309. The highest BCUT2D eigenvalue weighted by Crippen LogP contribution is 2.44. The normalized spacial score (nSPS) is 13.8. The van der Waals surface area contributed by atoms with Gasteiger partial charge >= 0.3 is 0 Å². The van der Waals surface area contributed by atoms with Crippen molar-refractivity contribution < 1.29 is 0 Å². The molecule has 0 aliphatic heterocycles. The van der Waals surface area contributed by atoms with Gasteiger partial charge in [0.25, 0.3) is 0 Å². The van der Waals surface area contributed by atoms with Crippen LogP contribution in [0.15, 0.2) is 11.6 Å². The van der Waals surface area contributed by atoms with Crippen molar-refractivity contribution in [2.24, 2.45) is 10.8 Å². The summed E-state index contributed by atoms with van der Waals surface area (Å²) in [5.74, 6) is 0. The van der Waals surface area contributed by atoms with Gasteiger partial charge in [0.15, 0.2) is 0 Å². The van der Waals surface area contributed by atoms with Gasteiger partial charge in [0, 0.05) is 0 Å². The van der Waals surface area contributed by atoms with Crippen LogP contribution in [0.1, 0.15) is 106 Å². The molecule has 0 heteroatoms. The number of hydrogen-bond acceptors (Lipinski definition) is 0. The van der Waals surface area contributed by atoms with Crippen LogP contribution in [0.2, 0.25) is 0 Å². The molecule has 0 unspecified atom stereocenters. The summed E-state index contributed by atoms with van der Waals surface area (Å²) in [7, 11) is 0. The standard InChI is InChI=1S/C20H40/c1-8-12-14-16-20(10-3,11-4)18(15-13-9-2)17-19(5,6)7/h17H,8-16H2,1-7H3/b18-17+. The molecule has 0 N–H and O–H groups in total. The molecule has 0 rings (SSSR count). The van der Waals surface area contributed by atoms with Crippen LogP contribution < -0.4 is 0 Å². The molecule has 0 fully saturated rings. The largest absolute Gasteiger partial charge is 0.0794 e. The molecule has 0 aliphatic rings. The Morgan fingerprint density at radius 3 is 1.75 bits per heavy atom. The van der Waals surface area contributed by atoms with Crippen molar-refractivity contribution >= 4 is 0 Å². The predicted molar refractivity (Wildman–Crippen MR) is 94.2 cm³/mol. The molecule has 0 saturated heterocycles. The van der Waals surface area contributed by atoms with Crippen LogP contribution >= 0.6 is 0 Å². The topological polar surface area (TPSA) is 0 Å². The van der Waals surface area contributed by atoms with E-state index in [2.05, 4.69) is 54.5 Å². The minimum absolute atomic E-state index is 0.309. The lowest BCUT2D eigenvalue weighted by Crippen LogP contribution is -2.24. The maximum absolute atomic E-state index is 2.60. The summed E-state index contributed by atoms with van der Waals surface area (Å²) < 4.78 is 0. The van der Waals surface area contributed by atoms with Crippen LogP contribution in [0.3, 0.4) is 0 Å². The molecule has 0 amide bonds. The zero-order chi connectivity index (χ0) is 15.6. The minimum Gasteiger partial charge on any atom is -0.0794 e. The number of unbranched alkanes of at least 4 members (excludes halogenated alkanes) is 3. The third kappa shape index (κ3) is 6.95. The maximum atomic E-state index is 2.60. The van der Waals surface area contributed by atoms with E-state index in [9.17, 15) is 0 Å². The molecular weight excluding hydrogens is 240 g/mol. The first-order chi connectivity index (χ1) is 9.35. The van der Waals surface area contributed by atoms with Crippen LogP contribution in [0, 0.1) is 10.8 Å². The van der Waals surface area contributed by atoms with Gasteiger partial charge in [0.1, 0.15) is 0 Å². The van der Waals surface area contributed by atoms with E-state index in [0.717, 1.165) is 0 Å². The van der Waals surface area contributed by atoms with Gasteiger partial charge in [-0.2, -0.15) is 0 Å². The second-order valence-electron chi connectivity index (χ2n) is 7.58. The van der Waals surface area contributed by atoms with Crippen molar-refractivity contribution in [2.75, 3.05) is 0 Å². The highest BCUT2D eigenvalue weighted by atomic mass is 14.4. The van der Waals surface area contributed by atoms with E-state index in [1.54, 1.807) is 5.57 Å². The van der Waals surface area contributed by atoms with Crippen LogP contribution in [-0.2, 0) is 0 Å². The second-order valence-corrected chi connectivity index (χ2v) is 7.58. The van der Waals surface area contributed by atoms with Crippen molar-refractivity contribution in [1.82, 2.24) is 0 Å². The van der Waals surface area contributed by atoms with Crippen LogP contribution in [-0.4, -0.2) is 0 Å². The molecule has 0 aromatic rings. The van der Waals surface area contributed by atoms with E-state index >= 15 is 0 Å². The summed E-state index contributed by atoms with van der Waals surface area (Å²) in [4.78, 5) is 0. The van der Waals surface area contributed by atoms with Crippen molar-refractivity contribution in [1.29, 1.82) is 0 Å². The molecule has 20 heavy (non-hydrogen) atoms. The lowest BCUT2D eigenvalue weighted by Gasteiger charge is -2.37. The average molecular weight is 281 g/mol. The summed E-state index contributed by atoms with van der Waals surface area (Å²) >= 11 is 0. The third-order valence-corrected chi connectivity index (χ3v) is 4.70. The summed E-state index contributed by atoms with van der Waals surface area (Å²) in [6, 6.07) is 0. The molecule has 0 bridgehead atoms. The molecule has 0 nitrogen and oxygen atoms in total. The van der Waals surface area contributed by atoms with Gasteiger partial charge < -0.3 is 0 Å². The lowest BCUT2D eigenvalue weighted by molar-refractivity contribution is 0.274. The Balaban J connectivity index is 5.23. The third-order valence-electron chi connectivity index (χ3n) is 4.70. The summed E-state index contributed by atoms with van der Waals surface area (Å²) in [6.07, 6.45) is 14.7. The van der Waals surface area contributed by atoms with E-state index < -0.39 is 0 Å². The Kier molecular flexibility index (Phi) is 9.51. The maximum Gasteiger partial charge on any atom is -0.00931 e. The molecule has 0 aromatic carbocycles. The predicted octanol–water partition coefficient (Wildman–Crippen LogP) is 7.54. The zero-order valence-electron chi connectivity index (χ0n) is 15.4. The van der Waals surface area contributed by atoms with E-state index in [0.29, 0.717) is 10.8 Å². The van der Waals surface area contributed by atoms with Gasteiger partial charge in [0.05, 0.1) is 0 Å². The smallest absolute Gasteiger partial charge is 0.00931 e. The second kappa shape index (κ2) is 9.64. The first kappa shape index (κ1) is 19.7. The van der Waals surface area contributed by atoms with Gasteiger partial charge in [-0.25, -0.2) is 0 Å². The molecule has 0 saturated carbocycles. The molecule has 0 spiro atoms. The van der Waals surface area contributed by atoms with Crippen molar-refractivity contribution in [3.8, 4) is 0 Å². The Labute approximate surface area is 129 Å². The van der Waals surface area contributed by atoms with Gasteiger partial charge in [0.2, 0.25) is 0 Å². The van der Waals surface area contributed by atoms with Crippen LogP contribution in [0.4, 0.5) is 0 Å². The molecular formula is C20H40. The van der Waals surface area contributed by atoms with Gasteiger partial charge in [-0.3, -0.25) is 0 Å². The van der Waals surface area contributed by atoms with Gasteiger partial charge in [-0.1, -0.05) is 85.8 Å². The van der Waals surface area contributed by atoms with E-state index in [-0.39, 0.29) is 0 Å². The van der Waals surface area contributed by atoms with Crippen LogP contribution in [0.5, 0.6) is 0 Å². The first-order valence-electron chi connectivity index (χ1n) is 9.07. The van der Waals surface area contributed by atoms with Gasteiger partial charge in [-0.05, 0) is 42.9 Å². The average Bonchev–Trinajstić information content (AvgIpc) is 2.39. The summed E-state index contributed by atoms with van der Waals surface area (Å²) in [5.41, 5.74) is 2.54. The number of rotatable bonds is 10. The van der Waals surface area contributed by atoms with Crippen molar-refractivity contribution in [3.63, 3.8) is 0 Å². The Morgan fingerprint density at radius 2 is 1.35 bits per heavy atom. The Morgan fingerprint density at radius 1 is 0.800 bits per heavy atom. The van der Waals surface area contributed by atoms with Crippen molar-refractivity contribution in [2.45, 2.75) is 106 Å². The van der Waals surface area contributed by atoms with Gasteiger partial charge in [-0.15, -0.1) is 0 Å². The molecule has 120 valence electrons. The van der Waals surface area contributed by atoms with E-state index in [1.165, 1.54) is 57.8 Å². The molecule has 0 aliphatic carbocycles. The Bertz CT molecular complexity index is 260. The van der Waals surface area contributed by atoms with E-state index in [1.807, 2.05) is 0 Å². The summed E-state index contributed by atoms with van der Waals surface area (Å²) in [6.45, 7) is 16.5. The highest BCUT2D eigenvalue weighted by molar-refractivity contribution is 5.17. The molecule has 0 atom stereocenters. The summed E-state index contributed by atoms with van der Waals surface area (Å²) in [5, 5.41) is 0. The van der Waals surface area contributed by atoms with Crippen LogP contribution in [0.25, 0.3) is 0 Å². The highest BCUT2D eigenvalue weighted by Gasteiger charge is 2.30. The fourth-order valence-corrected chi connectivity index (χ4v) is 3.31. The first-order valence-corrected chi connectivity index (χ1v) is 9.07. The number of allylic oxidation sites excluding steroid dienone is 2. The zero-order valence-corrected chi connectivity index (χ0v) is 15.4. The fourth-order valence-electron chi connectivity index (χ4n) is 3.31. The SMILES string of the molecule is CCCCCC(CC)(CC)/C(=C/C(C)(C)C)CCCC. The monoisotopic (exact) mass is 280 g/mol. The number of hydrogen-bond donors (Lipinski definition) is 0. The van der Waals surface area contributed by atoms with E-state index in [4.69, 9.17) is 0 Å². The fraction of sp³-hybridized carbons (Fsp3) is 0.900. The molecule has 0 aromatic heterocycles. The molecule has 0 heterocycles. The Hall–Kier alpha value is -0.260. The molecule has 0 radical (unpaired) electrons. The lowest BCUT2D eigenvalue weighted by atomic mass is 9.68.